The molecule has 5 nitrogen and oxygen atoms in total. The third-order valence-electron chi connectivity index (χ3n) is 1.34. The standard InChI is InChI=1S/C7H10N4OS/c1-5(6-3-9-4-13-6)10-11-7(12)8-2/h3-4H,1-2H3,(H2,8,11,12)/b10-5+. The number of carbonyl (C=O) groups excluding carboxylic acids is 1. The van der Waals surface area contributed by atoms with Crippen LogP contribution in [0.1, 0.15) is 11.8 Å². The lowest BCUT2D eigenvalue weighted by atomic mass is 10.4. The minimum Gasteiger partial charge on any atom is -0.340 e. The van der Waals surface area contributed by atoms with Gasteiger partial charge in [-0.25, -0.2) is 10.2 Å². The molecule has 0 spiro atoms. The van der Waals surface area contributed by atoms with E-state index in [-0.39, 0.29) is 6.03 Å². The summed E-state index contributed by atoms with van der Waals surface area (Å²) >= 11 is 1.48. The highest BCUT2D eigenvalue weighted by molar-refractivity contribution is 7.11. The predicted octanol–water partition coefficient (Wildman–Crippen LogP) is 0.796. The number of nitrogens with one attached hydrogen (secondary N) is 2. The fourth-order valence-corrected chi connectivity index (χ4v) is 1.21. The van der Waals surface area contributed by atoms with Gasteiger partial charge >= 0.3 is 6.03 Å². The van der Waals surface area contributed by atoms with Crippen molar-refractivity contribution in [2.24, 2.45) is 5.10 Å². The lowest BCUT2D eigenvalue weighted by molar-refractivity contribution is 0.243. The zero-order valence-electron chi connectivity index (χ0n) is 7.37. The highest BCUT2D eigenvalue weighted by atomic mass is 32.1. The van der Waals surface area contributed by atoms with E-state index < -0.39 is 0 Å². The van der Waals surface area contributed by atoms with E-state index in [1.807, 2.05) is 6.92 Å². The first-order valence-corrected chi connectivity index (χ1v) is 4.53. The molecule has 0 unspecified atom stereocenters. The van der Waals surface area contributed by atoms with Gasteiger partial charge < -0.3 is 5.32 Å². The number of amides is 2. The Morgan fingerprint density at radius 2 is 2.46 bits per heavy atom. The van der Waals surface area contributed by atoms with Gasteiger partial charge in [-0.2, -0.15) is 5.10 Å². The van der Waals surface area contributed by atoms with Crippen LogP contribution < -0.4 is 10.7 Å². The summed E-state index contributed by atoms with van der Waals surface area (Å²) in [6.07, 6.45) is 1.70. The zero-order valence-corrected chi connectivity index (χ0v) is 8.18. The molecule has 0 fully saturated rings. The van der Waals surface area contributed by atoms with Crippen molar-refractivity contribution in [1.82, 2.24) is 15.7 Å². The van der Waals surface area contributed by atoms with E-state index in [2.05, 4.69) is 20.8 Å². The molecule has 1 rings (SSSR count). The molecule has 1 aromatic rings. The molecule has 0 aliphatic rings. The molecule has 70 valence electrons. The summed E-state index contributed by atoms with van der Waals surface area (Å²) in [6, 6.07) is -0.330. The van der Waals surface area contributed by atoms with Gasteiger partial charge in [-0.15, -0.1) is 11.3 Å². The Bertz CT molecular complexity index is 306. The van der Waals surface area contributed by atoms with Crippen molar-refractivity contribution >= 4 is 23.1 Å². The molecule has 0 bridgehead atoms. The summed E-state index contributed by atoms with van der Waals surface area (Å²) in [5, 5.41) is 6.26. The van der Waals surface area contributed by atoms with E-state index in [1.54, 1.807) is 11.7 Å². The maximum absolute atomic E-state index is 10.7. The van der Waals surface area contributed by atoms with Gasteiger partial charge in [0.2, 0.25) is 0 Å². The number of aromatic nitrogens is 1. The molecule has 0 saturated heterocycles. The van der Waals surface area contributed by atoms with Crippen molar-refractivity contribution in [3.8, 4) is 0 Å². The number of hydrogen-bond acceptors (Lipinski definition) is 4. The van der Waals surface area contributed by atoms with Crippen molar-refractivity contribution in [2.45, 2.75) is 6.92 Å². The SMILES string of the molecule is CNC(=O)N/N=C(\C)c1cncs1. The van der Waals surface area contributed by atoms with Crippen molar-refractivity contribution < 1.29 is 4.79 Å². The van der Waals surface area contributed by atoms with Crippen LogP contribution in [0.25, 0.3) is 0 Å². The molecular weight excluding hydrogens is 188 g/mol. The summed E-state index contributed by atoms with van der Waals surface area (Å²) in [4.78, 5) is 15.6. The monoisotopic (exact) mass is 198 g/mol. The number of hydrazone groups is 1. The van der Waals surface area contributed by atoms with E-state index >= 15 is 0 Å². The van der Waals surface area contributed by atoms with E-state index in [0.29, 0.717) is 0 Å². The van der Waals surface area contributed by atoms with Crippen molar-refractivity contribution in [2.75, 3.05) is 7.05 Å². The Morgan fingerprint density at radius 1 is 1.69 bits per heavy atom. The van der Waals surface area contributed by atoms with Gasteiger partial charge in [0.1, 0.15) is 0 Å². The molecule has 0 atom stereocenters. The molecule has 0 aliphatic heterocycles. The average molecular weight is 198 g/mol. The fraction of sp³-hybridized carbons (Fsp3) is 0.286. The van der Waals surface area contributed by atoms with Gasteiger partial charge in [0.25, 0.3) is 0 Å². The summed E-state index contributed by atoms with van der Waals surface area (Å²) in [5.41, 5.74) is 4.80. The first-order chi connectivity index (χ1) is 6.24. The van der Waals surface area contributed by atoms with Crippen LogP contribution in [0.2, 0.25) is 0 Å². The molecule has 2 N–H and O–H groups in total. The number of carbonyl (C=O) groups is 1. The Hall–Kier alpha value is -1.43. The summed E-state index contributed by atoms with van der Waals surface area (Å²) < 4.78 is 0. The van der Waals surface area contributed by atoms with Crippen LogP contribution in [0, 0.1) is 0 Å². The number of hydrogen-bond donors (Lipinski definition) is 2. The molecule has 1 heterocycles. The topological polar surface area (TPSA) is 66.4 Å². The quantitative estimate of drug-likeness (QED) is 0.545. The second-order valence-electron chi connectivity index (χ2n) is 2.25. The summed E-state index contributed by atoms with van der Waals surface area (Å²) in [7, 11) is 1.53. The van der Waals surface area contributed by atoms with Gasteiger partial charge in [-0.3, -0.25) is 4.98 Å². The zero-order chi connectivity index (χ0) is 9.68. The van der Waals surface area contributed by atoms with Crippen molar-refractivity contribution in [1.29, 1.82) is 0 Å². The minimum absolute atomic E-state index is 0.330. The van der Waals surface area contributed by atoms with Gasteiger partial charge in [0.05, 0.1) is 16.1 Å². The normalized spacial score (nSPS) is 11.1. The van der Waals surface area contributed by atoms with Crippen LogP contribution in [0.5, 0.6) is 0 Å². The third-order valence-corrected chi connectivity index (χ3v) is 2.22. The molecule has 2 amide bonds. The lowest BCUT2D eigenvalue weighted by Crippen LogP contribution is -2.29. The Kier molecular flexibility index (Phi) is 3.39. The van der Waals surface area contributed by atoms with Crippen LogP contribution in [0.15, 0.2) is 16.8 Å². The first kappa shape index (κ1) is 9.66. The first-order valence-electron chi connectivity index (χ1n) is 3.65. The molecule has 0 saturated carbocycles. The van der Waals surface area contributed by atoms with E-state index in [0.717, 1.165) is 10.6 Å². The Morgan fingerprint density at radius 3 is 3.00 bits per heavy atom. The van der Waals surface area contributed by atoms with Crippen molar-refractivity contribution in [3.63, 3.8) is 0 Å². The van der Waals surface area contributed by atoms with Crippen LogP contribution in [0.3, 0.4) is 0 Å². The molecule has 6 heteroatoms. The van der Waals surface area contributed by atoms with Gasteiger partial charge in [0.15, 0.2) is 0 Å². The molecule has 0 radical (unpaired) electrons. The van der Waals surface area contributed by atoms with Crippen molar-refractivity contribution in [3.05, 3.63) is 16.6 Å². The van der Waals surface area contributed by atoms with E-state index in [4.69, 9.17) is 0 Å². The number of thiazole rings is 1. The second kappa shape index (κ2) is 4.56. The number of rotatable bonds is 2. The summed E-state index contributed by atoms with van der Waals surface area (Å²) in [6.45, 7) is 1.81. The van der Waals surface area contributed by atoms with Crippen LogP contribution in [0.4, 0.5) is 4.79 Å². The maximum atomic E-state index is 10.7. The predicted molar refractivity (Wildman–Crippen MR) is 51.9 cm³/mol. The molecule has 0 aliphatic carbocycles. The fourth-order valence-electron chi connectivity index (χ4n) is 0.640. The third kappa shape index (κ3) is 2.83. The van der Waals surface area contributed by atoms with Crippen LogP contribution in [-0.2, 0) is 0 Å². The molecule has 1 aromatic heterocycles. The Labute approximate surface area is 79.9 Å². The maximum Gasteiger partial charge on any atom is 0.334 e. The molecule has 0 aromatic carbocycles. The highest BCUT2D eigenvalue weighted by Crippen LogP contribution is 2.05. The highest BCUT2D eigenvalue weighted by Gasteiger charge is 1.99. The van der Waals surface area contributed by atoms with Gasteiger partial charge in [-0.05, 0) is 6.92 Å². The molecule has 13 heavy (non-hydrogen) atoms. The number of urea groups is 1. The van der Waals surface area contributed by atoms with E-state index in [9.17, 15) is 4.79 Å². The average Bonchev–Trinajstić information content (AvgIpc) is 2.66. The minimum atomic E-state index is -0.330. The van der Waals surface area contributed by atoms with E-state index in [1.165, 1.54) is 18.4 Å². The smallest absolute Gasteiger partial charge is 0.334 e. The van der Waals surface area contributed by atoms with Crippen LogP contribution in [-0.4, -0.2) is 23.8 Å². The Balaban J connectivity index is 2.57. The van der Waals surface area contributed by atoms with Crippen LogP contribution >= 0.6 is 11.3 Å². The largest absolute Gasteiger partial charge is 0.340 e. The number of nitrogens with zero attached hydrogens (tertiary/aromatic N) is 2. The molecular formula is C7H10N4OS. The van der Waals surface area contributed by atoms with Gasteiger partial charge in [0, 0.05) is 13.2 Å². The lowest BCUT2D eigenvalue weighted by Gasteiger charge is -1.98. The summed E-state index contributed by atoms with van der Waals surface area (Å²) in [5.74, 6) is 0. The second-order valence-corrected chi connectivity index (χ2v) is 3.14. The van der Waals surface area contributed by atoms with Gasteiger partial charge in [-0.1, -0.05) is 0 Å².